The zero-order valence-electron chi connectivity index (χ0n) is 12.1. The highest BCUT2D eigenvalue weighted by atomic mass is 15.2. The molecule has 4 nitrogen and oxygen atoms in total. The minimum Gasteiger partial charge on any atom is -0.303 e. The summed E-state index contributed by atoms with van der Waals surface area (Å²) < 4.78 is 0. The van der Waals surface area contributed by atoms with Gasteiger partial charge in [0.05, 0.1) is 6.54 Å². The summed E-state index contributed by atoms with van der Waals surface area (Å²) in [6.45, 7) is 9.54. The average molecular weight is 258 g/mol. The molecule has 0 aliphatic heterocycles. The largest absolute Gasteiger partial charge is 0.303 e. The van der Waals surface area contributed by atoms with Gasteiger partial charge in [-0.05, 0) is 23.5 Å². The summed E-state index contributed by atoms with van der Waals surface area (Å²) >= 11 is 0. The van der Waals surface area contributed by atoms with Crippen LogP contribution >= 0.6 is 0 Å². The number of benzene rings is 1. The second-order valence-corrected chi connectivity index (χ2v) is 5.91. The van der Waals surface area contributed by atoms with Crippen molar-refractivity contribution in [1.82, 2.24) is 20.5 Å². The Balaban J connectivity index is 1.97. The van der Waals surface area contributed by atoms with Crippen molar-refractivity contribution >= 4 is 0 Å². The summed E-state index contributed by atoms with van der Waals surface area (Å²) in [4.78, 5) is 4.10. The normalized spacial score (nSPS) is 13.5. The first kappa shape index (κ1) is 13.7. The molecule has 1 heterocycles. The Labute approximate surface area is 114 Å². The van der Waals surface area contributed by atoms with Gasteiger partial charge >= 0.3 is 0 Å². The molecule has 0 radical (unpaired) electrons. The molecule has 0 amide bonds. The van der Waals surface area contributed by atoms with E-state index in [-0.39, 0.29) is 5.41 Å². The maximum atomic E-state index is 4.10. The number of aromatic nitrogens is 3. The monoisotopic (exact) mass is 258 g/mol. The standard InChI is InChI=1S/C15H22N4/c1-11(16-9-14-17-10-18-19-14)12-5-7-13(8-6-12)15(2,3)4/h5-8,10-11,16H,9H2,1-4H3,(H,17,18,19). The number of hydrogen-bond donors (Lipinski definition) is 2. The molecule has 0 aliphatic rings. The minimum atomic E-state index is 0.203. The van der Waals surface area contributed by atoms with Gasteiger partial charge in [-0.2, -0.15) is 5.10 Å². The number of H-pyrrole nitrogens is 1. The van der Waals surface area contributed by atoms with Gasteiger partial charge in [-0.15, -0.1) is 0 Å². The second-order valence-electron chi connectivity index (χ2n) is 5.91. The summed E-state index contributed by atoms with van der Waals surface area (Å²) in [5.74, 6) is 0.859. The Morgan fingerprint density at radius 2 is 1.89 bits per heavy atom. The number of nitrogens with zero attached hydrogens (tertiary/aromatic N) is 2. The summed E-state index contributed by atoms with van der Waals surface area (Å²) in [5.41, 5.74) is 2.85. The lowest BCUT2D eigenvalue weighted by molar-refractivity contribution is 0.557. The number of rotatable bonds is 4. The molecule has 2 aromatic rings. The molecular formula is C15H22N4. The van der Waals surface area contributed by atoms with E-state index in [0.717, 1.165) is 5.82 Å². The molecule has 2 N–H and O–H groups in total. The van der Waals surface area contributed by atoms with Gasteiger partial charge in [-0.3, -0.25) is 5.10 Å². The Morgan fingerprint density at radius 1 is 1.21 bits per heavy atom. The Hall–Kier alpha value is -1.68. The quantitative estimate of drug-likeness (QED) is 0.886. The van der Waals surface area contributed by atoms with Crippen LogP contribution in [0.1, 0.15) is 50.7 Å². The van der Waals surface area contributed by atoms with Gasteiger partial charge in [0, 0.05) is 6.04 Å². The SMILES string of the molecule is CC(NCc1ncn[nH]1)c1ccc(C(C)(C)C)cc1. The summed E-state index contributed by atoms with van der Waals surface area (Å²) in [6, 6.07) is 9.10. The van der Waals surface area contributed by atoms with Crippen molar-refractivity contribution in [3.63, 3.8) is 0 Å². The van der Waals surface area contributed by atoms with E-state index in [1.807, 2.05) is 0 Å². The molecule has 0 spiro atoms. The third kappa shape index (κ3) is 3.64. The molecule has 4 heteroatoms. The molecule has 1 unspecified atom stereocenters. The van der Waals surface area contributed by atoms with Gasteiger partial charge in [0.25, 0.3) is 0 Å². The average Bonchev–Trinajstić information content (AvgIpc) is 2.88. The van der Waals surface area contributed by atoms with Crippen molar-refractivity contribution in [2.45, 2.75) is 45.7 Å². The fourth-order valence-corrected chi connectivity index (χ4v) is 1.96. The van der Waals surface area contributed by atoms with Crippen molar-refractivity contribution in [2.75, 3.05) is 0 Å². The van der Waals surface area contributed by atoms with E-state index in [9.17, 15) is 0 Å². The fraction of sp³-hybridized carbons (Fsp3) is 0.467. The van der Waals surface area contributed by atoms with Crippen LogP contribution in [0, 0.1) is 0 Å². The topological polar surface area (TPSA) is 53.6 Å². The predicted molar refractivity (Wildman–Crippen MR) is 76.8 cm³/mol. The molecule has 19 heavy (non-hydrogen) atoms. The lowest BCUT2D eigenvalue weighted by Crippen LogP contribution is -2.19. The van der Waals surface area contributed by atoms with Gasteiger partial charge in [0.2, 0.25) is 0 Å². The highest BCUT2D eigenvalue weighted by Gasteiger charge is 2.14. The summed E-state index contributed by atoms with van der Waals surface area (Å²) in [7, 11) is 0. The molecule has 0 aliphatic carbocycles. The third-order valence-corrected chi connectivity index (χ3v) is 3.32. The number of nitrogens with one attached hydrogen (secondary N) is 2. The van der Waals surface area contributed by atoms with Gasteiger partial charge in [0.1, 0.15) is 12.2 Å². The van der Waals surface area contributed by atoms with E-state index in [4.69, 9.17) is 0 Å². The Morgan fingerprint density at radius 3 is 2.42 bits per heavy atom. The van der Waals surface area contributed by atoms with Crippen LogP contribution in [0.15, 0.2) is 30.6 Å². The van der Waals surface area contributed by atoms with E-state index < -0.39 is 0 Å². The van der Waals surface area contributed by atoms with Gasteiger partial charge in [-0.1, -0.05) is 45.0 Å². The maximum absolute atomic E-state index is 4.10. The van der Waals surface area contributed by atoms with Gasteiger partial charge < -0.3 is 5.32 Å². The van der Waals surface area contributed by atoms with E-state index in [2.05, 4.69) is 72.5 Å². The van der Waals surface area contributed by atoms with E-state index >= 15 is 0 Å². The zero-order valence-corrected chi connectivity index (χ0v) is 12.1. The molecule has 1 aromatic carbocycles. The second kappa shape index (κ2) is 5.53. The first-order chi connectivity index (χ1) is 8.97. The van der Waals surface area contributed by atoms with Crippen molar-refractivity contribution in [1.29, 1.82) is 0 Å². The molecule has 102 valence electrons. The van der Waals surface area contributed by atoms with Crippen molar-refractivity contribution in [3.8, 4) is 0 Å². The molecule has 0 saturated heterocycles. The number of aromatic amines is 1. The molecule has 2 rings (SSSR count). The van der Waals surface area contributed by atoms with E-state index in [1.54, 1.807) is 0 Å². The van der Waals surface area contributed by atoms with Gasteiger partial charge in [0.15, 0.2) is 0 Å². The van der Waals surface area contributed by atoms with Crippen LogP contribution in [0.25, 0.3) is 0 Å². The Kier molecular flexibility index (Phi) is 4.00. The maximum Gasteiger partial charge on any atom is 0.138 e. The smallest absolute Gasteiger partial charge is 0.138 e. The molecule has 0 saturated carbocycles. The lowest BCUT2D eigenvalue weighted by atomic mass is 9.86. The number of hydrogen-bond acceptors (Lipinski definition) is 3. The van der Waals surface area contributed by atoms with Crippen LogP contribution in [0.3, 0.4) is 0 Å². The molecule has 1 atom stereocenters. The van der Waals surface area contributed by atoms with Crippen LogP contribution in [0.2, 0.25) is 0 Å². The van der Waals surface area contributed by atoms with Crippen molar-refractivity contribution in [2.24, 2.45) is 0 Å². The molecule has 0 bridgehead atoms. The first-order valence-electron chi connectivity index (χ1n) is 6.65. The van der Waals surface area contributed by atoms with Crippen LogP contribution in [-0.4, -0.2) is 15.2 Å². The summed E-state index contributed by atoms with van der Waals surface area (Å²) in [5, 5.41) is 10.1. The minimum absolute atomic E-state index is 0.203. The van der Waals surface area contributed by atoms with Crippen LogP contribution in [-0.2, 0) is 12.0 Å². The van der Waals surface area contributed by atoms with E-state index in [1.165, 1.54) is 17.5 Å². The van der Waals surface area contributed by atoms with Crippen LogP contribution < -0.4 is 5.32 Å². The highest BCUT2D eigenvalue weighted by molar-refractivity contribution is 5.29. The van der Waals surface area contributed by atoms with Gasteiger partial charge in [-0.25, -0.2) is 4.98 Å². The first-order valence-corrected chi connectivity index (χ1v) is 6.65. The van der Waals surface area contributed by atoms with Crippen LogP contribution in [0.4, 0.5) is 0 Å². The third-order valence-electron chi connectivity index (χ3n) is 3.32. The molecular weight excluding hydrogens is 236 g/mol. The zero-order chi connectivity index (χ0) is 13.9. The molecule has 1 aromatic heterocycles. The van der Waals surface area contributed by atoms with Crippen LogP contribution in [0.5, 0.6) is 0 Å². The fourth-order valence-electron chi connectivity index (χ4n) is 1.96. The predicted octanol–water partition coefficient (Wildman–Crippen LogP) is 2.95. The highest BCUT2D eigenvalue weighted by Crippen LogP contribution is 2.23. The van der Waals surface area contributed by atoms with Crippen molar-refractivity contribution < 1.29 is 0 Å². The van der Waals surface area contributed by atoms with Crippen molar-refractivity contribution in [3.05, 3.63) is 47.5 Å². The molecule has 0 fully saturated rings. The van der Waals surface area contributed by atoms with E-state index in [0.29, 0.717) is 12.6 Å². The summed E-state index contributed by atoms with van der Waals surface area (Å²) in [6.07, 6.45) is 1.53. The lowest BCUT2D eigenvalue weighted by Gasteiger charge is -2.20. The Bertz CT molecular complexity index is 494.